The standard InChI is InChI=1S/C17H26N2O2S/c1-17(2,3)16(21)19-10-5-9-18(11-12-19)15(20)8-7-14-6-4-13-22-14/h4,6,13H,5,7-12H2,1-3H3. The summed E-state index contributed by atoms with van der Waals surface area (Å²) in [6.07, 6.45) is 2.25. The van der Waals surface area contributed by atoms with Crippen LogP contribution in [-0.2, 0) is 16.0 Å². The number of amides is 2. The maximum atomic E-state index is 12.4. The Bertz CT molecular complexity index is 505. The first-order valence-electron chi connectivity index (χ1n) is 7.97. The molecule has 0 saturated carbocycles. The molecule has 1 aromatic heterocycles. The molecule has 2 heterocycles. The molecule has 1 aromatic rings. The molecule has 5 heteroatoms. The van der Waals surface area contributed by atoms with E-state index in [1.165, 1.54) is 4.88 Å². The smallest absolute Gasteiger partial charge is 0.228 e. The first-order chi connectivity index (χ1) is 10.4. The Labute approximate surface area is 137 Å². The normalized spacial score (nSPS) is 16.5. The van der Waals surface area contributed by atoms with Crippen LogP contribution in [0.3, 0.4) is 0 Å². The fraction of sp³-hybridized carbons (Fsp3) is 0.647. The average molecular weight is 322 g/mol. The zero-order valence-corrected chi connectivity index (χ0v) is 14.6. The number of carbonyl (C=O) groups is 2. The van der Waals surface area contributed by atoms with Crippen molar-refractivity contribution in [3.05, 3.63) is 22.4 Å². The summed E-state index contributed by atoms with van der Waals surface area (Å²) < 4.78 is 0. The van der Waals surface area contributed by atoms with Crippen molar-refractivity contribution >= 4 is 23.2 Å². The number of hydrogen-bond acceptors (Lipinski definition) is 3. The van der Waals surface area contributed by atoms with E-state index in [-0.39, 0.29) is 17.2 Å². The van der Waals surface area contributed by atoms with Crippen molar-refractivity contribution in [1.82, 2.24) is 9.80 Å². The molecule has 2 rings (SSSR count). The molecule has 0 spiro atoms. The van der Waals surface area contributed by atoms with Gasteiger partial charge in [0.05, 0.1) is 0 Å². The molecule has 1 aliphatic heterocycles. The summed E-state index contributed by atoms with van der Waals surface area (Å²) in [5, 5.41) is 2.04. The summed E-state index contributed by atoms with van der Waals surface area (Å²) in [6, 6.07) is 4.09. The third-order valence-corrected chi connectivity index (χ3v) is 4.88. The van der Waals surface area contributed by atoms with Crippen LogP contribution in [-0.4, -0.2) is 47.8 Å². The first kappa shape index (κ1) is 17.0. The van der Waals surface area contributed by atoms with Crippen molar-refractivity contribution in [2.45, 2.75) is 40.0 Å². The highest BCUT2D eigenvalue weighted by atomic mass is 32.1. The second-order valence-corrected chi connectivity index (χ2v) is 7.89. The van der Waals surface area contributed by atoms with Gasteiger partial charge in [0.25, 0.3) is 0 Å². The predicted octanol–water partition coefficient (Wildman–Crippen LogP) is 2.79. The SMILES string of the molecule is CC(C)(C)C(=O)N1CCCN(C(=O)CCc2cccs2)CC1. The van der Waals surface area contributed by atoms with Gasteiger partial charge >= 0.3 is 0 Å². The zero-order chi connectivity index (χ0) is 16.2. The van der Waals surface area contributed by atoms with E-state index in [2.05, 4.69) is 6.07 Å². The number of carbonyl (C=O) groups excluding carboxylic acids is 2. The van der Waals surface area contributed by atoms with Gasteiger partial charge in [-0.3, -0.25) is 9.59 Å². The molecule has 0 N–H and O–H groups in total. The molecule has 0 aromatic carbocycles. The molecule has 0 bridgehead atoms. The molecular weight excluding hydrogens is 296 g/mol. The predicted molar refractivity (Wildman–Crippen MR) is 89.9 cm³/mol. The van der Waals surface area contributed by atoms with Crippen molar-refractivity contribution < 1.29 is 9.59 Å². The highest BCUT2D eigenvalue weighted by molar-refractivity contribution is 7.09. The van der Waals surface area contributed by atoms with Crippen molar-refractivity contribution in [3.8, 4) is 0 Å². The van der Waals surface area contributed by atoms with Crippen LogP contribution in [0.2, 0.25) is 0 Å². The van der Waals surface area contributed by atoms with E-state index in [0.717, 1.165) is 25.9 Å². The van der Waals surface area contributed by atoms with Gasteiger partial charge in [-0.2, -0.15) is 0 Å². The number of aryl methyl sites for hydroxylation is 1. The van der Waals surface area contributed by atoms with Gasteiger partial charge in [0.15, 0.2) is 0 Å². The molecule has 2 amide bonds. The van der Waals surface area contributed by atoms with Crippen LogP contribution >= 0.6 is 11.3 Å². The maximum absolute atomic E-state index is 12.4. The van der Waals surface area contributed by atoms with Gasteiger partial charge in [-0.25, -0.2) is 0 Å². The largest absolute Gasteiger partial charge is 0.341 e. The second-order valence-electron chi connectivity index (χ2n) is 6.86. The van der Waals surface area contributed by atoms with E-state index >= 15 is 0 Å². The summed E-state index contributed by atoms with van der Waals surface area (Å²) in [5.74, 6) is 0.388. The molecule has 0 radical (unpaired) electrons. The van der Waals surface area contributed by atoms with E-state index in [1.807, 2.05) is 42.0 Å². The second kappa shape index (κ2) is 7.27. The van der Waals surface area contributed by atoms with Crippen LogP contribution in [0.4, 0.5) is 0 Å². The van der Waals surface area contributed by atoms with Crippen molar-refractivity contribution in [2.24, 2.45) is 5.41 Å². The van der Waals surface area contributed by atoms with Crippen molar-refractivity contribution in [3.63, 3.8) is 0 Å². The van der Waals surface area contributed by atoms with Crippen LogP contribution in [0.1, 0.15) is 38.5 Å². The summed E-state index contributed by atoms with van der Waals surface area (Å²) in [4.78, 5) is 29.8. The monoisotopic (exact) mass is 322 g/mol. The highest BCUT2D eigenvalue weighted by Crippen LogP contribution is 2.19. The molecule has 0 aliphatic carbocycles. The van der Waals surface area contributed by atoms with Gasteiger partial charge in [-0.1, -0.05) is 26.8 Å². The average Bonchev–Trinajstić information content (AvgIpc) is 2.86. The van der Waals surface area contributed by atoms with E-state index in [4.69, 9.17) is 0 Å². The first-order valence-corrected chi connectivity index (χ1v) is 8.85. The molecule has 122 valence electrons. The minimum absolute atomic E-state index is 0.181. The Kier molecular flexibility index (Phi) is 5.62. The molecule has 22 heavy (non-hydrogen) atoms. The summed E-state index contributed by atoms with van der Waals surface area (Å²) in [5.41, 5.74) is -0.349. The Morgan fingerprint density at radius 3 is 2.45 bits per heavy atom. The van der Waals surface area contributed by atoms with E-state index < -0.39 is 0 Å². The van der Waals surface area contributed by atoms with Gasteiger partial charge < -0.3 is 9.80 Å². The Morgan fingerprint density at radius 1 is 1.14 bits per heavy atom. The Morgan fingerprint density at radius 2 is 1.82 bits per heavy atom. The lowest BCUT2D eigenvalue weighted by Gasteiger charge is -2.28. The van der Waals surface area contributed by atoms with Gasteiger partial charge in [0, 0.05) is 42.9 Å². The molecule has 1 fully saturated rings. The maximum Gasteiger partial charge on any atom is 0.228 e. The number of hydrogen-bond donors (Lipinski definition) is 0. The van der Waals surface area contributed by atoms with Crippen LogP contribution in [0, 0.1) is 5.41 Å². The summed E-state index contributed by atoms with van der Waals surface area (Å²) in [6.45, 7) is 8.67. The molecule has 4 nitrogen and oxygen atoms in total. The van der Waals surface area contributed by atoms with E-state index in [9.17, 15) is 9.59 Å². The summed E-state index contributed by atoms with van der Waals surface area (Å²) in [7, 11) is 0. The lowest BCUT2D eigenvalue weighted by molar-refractivity contribution is -0.139. The minimum atomic E-state index is -0.349. The fourth-order valence-electron chi connectivity index (χ4n) is 2.69. The zero-order valence-electron chi connectivity index (χ0n) is 13.8. The summed E-state index contributed by atoms with van der Waals surface area (Å²) >= 11 is 1.70. The van der Waals surface area contributed by atoms with Crippen molar-refractivity contribution in [2.75, 3.05) is 26.2 Å². The van der Waals surface area contributed by atoms with Crippen molar-refractivity contribution in [1.29, 1.82) is 0 Å². The quantitative estimate of drug-likeness (QED) is 0.858. The number of nitrogens with zero attached hydrogens (tertiary/aromatic N) is 2. The van der Waals surface area contributed by atoms with Crippen LogP contribution in [0.5, 0.6) is 0 Å². The third kappa shape index (κ3) is 4.57. The van der Waals surface area contributed by atoms with Crippen LogP contribution in [0.15, 0.2) is 17.5 Å². The highest BCUT2D eigenvalue weighted by Gasteiger charge is 2.29. The molecule has 0 unspecified atom stereocenters. The van der Waals surface area contributed by atoms with Gasteiger partial charge in [0.2, 0.25) is 11.8 Å². The molecular formula is C17H26N2O2S. The Balaban J connectivity index is 1.84. The minimum Gasteiger partial charge on any atom is -0.341 e. The fourth-order valence-corrected chi connectivity index (χ4v) is 3.40. The van der Waals surface area contributed by atoms with E-state index in [1.54, 1.807) is 11.3 Å². The van der Waals surface area contributed by atoms with Crippen LogP contribution < -0.4 is 0 Å². The van der Waals surface area contributed by atoms with Gasteiger partial charge in [-0.15, -0.1) is 11.3 Å². The van der Waals surface area contributed by atoms with Gasteiger partial charge in [0.1, 0.15) is 0 Å². The lowest BCUT2D eigenvalue weighted by Crippen LogP contribution is -2.42. The topological polar surface area (TPSA) is 40.6 Å². The number of rotatable bonds is 3. The lowest BCUT2D eigenvalue weighted by atomic mass is 9.94. The molecule has 1 saturated heterocycles. The molecule has 1 aliphatic rings. The third-order valence-electron chi connectivity index (χ3n) is 3.94. The molecule has 0 atom stereocenters. The van der Waals surface area contributed by atoms with Gasteiger partial charge in [-0.05, 0) is 24.3 Å². The Hall–Kier alpha value is -1.36. The number of thiophene rings is 1. The van der Waals surface area contributed by atoms with E-state index in [0.29, 0.717) is 19.5 Å². The van der Waals surface area contributed by atoms with Crippen LogP contribution in [0.25, 0.3) is 0 Å².